The molecule has 1 fully saturated rings. The third-order valence-electron chi connectivity index (χ3n) is 6.89. The number of pyridine rings is 2. The van der Waals surface area contributed by atoms with Gasteiger partial charge in [-0.3, -0.25) is 0 Å². The number of rotatable bonds is 6. The van der Waals surface area contributed by atoms with Gasteiger partial charge in [-0.1, -0.05) is 0 Å². The summed E-state index contributed by atoms with van der Waals surface area (Å²) >= 11 is 5.59. The number of piperidine rings is 1. The van der Waals surface area contributed by atoms with Crippen LogP contribution in [0.4, 0.5) is 0 Å². The Balaban J connectivity index is 1.50. The number of aromatic nitrogens is 2. The second-order valence-corrected chi connectivity index (χ2v) is 12.7. The van der Waals surface area contributed by atoms with E-state index in [4.69, 9.17) is 16.6 Å². The number of carbonyl (C=O) groups excluding carboxylic acids is 1. The summed E-state index contributed by atoms with van der Waals surface area (Å²) in [6.45, 7) is 1.97. The second kappa shape index (κ2) is 11.2. The molecule has 3 heterocycles. The number of likely N-dealkylation sites (tertiary alicyclic amines) is 1. The maximum atomic E-state index is 13.2. The van der Waals surface area contributed by atoms with E-state index >= 15 is 0 Å². The van der Waals surface area contributed by atoms with Crippen molar-refractivity contribution in [3.8, 4) is 11.1 Å². The summed E-state index contributed by atoms with van der Waals surface area (Å²) < 4.78 is 2.77. The molecule has 1 saturated heterocycles. The summed E-state index contributed by atoms with van der Waals surface area (Å²) in [5, 5.41) is 5.92. The summed E-state index contributed by atoms with van der Waals surface area (Å²) in [6, 6.07) is 19.7. The fraction of sp³-hybridized carbons (Fsp3) is 0.276. The van der Waals surface area contributed by atoms with Gasteiger partial charge in [-0.25, -0.2) is 0 Å². The number of nitrogens with one attached hydrogen (secondary N) is 1. The minimum absolute atomic E-state index is 0.0413. The van der Waals surface area contributed by atoms with Crippen molar-refractivity contribution >= 4 is 48.5 Å². The Morgan fingerprint density at radius 2 is 1.84 bits per heavy atom. The number of hydrogen-bond acceptors (Lipinski definition) is 4. The first-order chi connectivity index (χ1) is 17.9. The van der Waals surface area contributed by atoms with Crippen LogP contribution in [0, 0.1) is 0 Å². The van der Waals surface area contributed by atoms with E-state index in [1.807, 2.05) is 48.7 Å². The van der Waals surface area contributed by atoms with Crippen LogP contribution in [-0.2, 0) is 12.3 Å². The van der Waals surface area contributed by atoms with Crippen molar-refractivity contribution in [1.82, 2.24) is 19.8 Å². The first-order valence-electron chi connectivity index (χ1n) is 12.5. The van der Waals surface area contributed by atoms with Gasteiger partial charge in [-0.2, -0.15) is 0 Å². The number of fused-ring (bicyclic) bond motifs is 1. The predicted octanol–water partition coefficient (Wildman–Crippen LogP) is 3.34. The van der Waals surface area contributed by atoms with Crippen LogP contribution in [0.1, 0.15) is 28.9 Å². The quantitative estimate of drug-likeness (QED) is 0.358. The van der Waals surface area contributed by atoms with Crippen molar-refractivity contribution in [2.75, 3.05) is 20.1 Å². The third-order valence-corrected chi connectivity index (χ3v) is 10.0. The van der Waals surface area contributed by atoms with E-state index in [1.165, 1.54) is 9.91 Å². The number of aryl methyl sites for hydroxylation is 1. The zero-order valence-corrected chi connectivity index (χ0v) is 23.9. The Morgan fingerprint density at radius 3 is 2.59 bits per heavy atom. The van der Waals surface area contributed by atoms with E-state index in [9.17, 15) is 9.59 Å². The van der Waals surface area contributed by atoms with E-state index in [0.29, 0.717) is 5.69 Å². The number of hydrogen-bond donors (Lipinski definition) is 1. The molecule has 6 nitrogen and oxygen atoms in total. The topological polar surface area (TPSA) is 67.2 Å². The zero-order chi connectivity index (χ0) is 25.9. The van der Waals surface area contributed by atoms with Gasteiger partial charge in [0.25, 0.3) is 0 Å². The summed E-state index contributed by atoms with van der Waals surface area (Å²) in [5.74, 6) is -0.103. The molecule has 190 valence electrons. The van der Waals surface area contributed by atoms with Gasteiger partial charge in [0.2, 0.25) is 0 Å². The summed E-state index contributed by atoms with van der Waals surface area (Å²) in [4.78, 5) is 32.2. The summed E-state index contributed by atoms with van der Waals surface area (Å²) in [5.41, 5.74) is 4.43. The number of benzene rings is 2. The molecule has 4 aromatic rings. The molecular weight excluding hydrogens is 547 g/mol. The summed E-state index contributed by atoms with van der Waals surface area (Å²) in [6.07, 6.45) is 3.75. The average Bonchev–Trinajstić information content (AvgIpc) is 2.89. The molecule has 0 spiro atoms. The molecule has 1 atom stereocenters. The van der Waals surface area contributed by atoms with Gasteiger partial charge >= 0.3 is 229 Å². The van der Waals surface area contributed by atoms with E-state index in [-0.39, 0.29) is 17.5 Å². The first kappa shape index (κ1) is 25.7. The Hall–Kier alpha value is -2.92. The van der Waals surface area contributed by atoms with Crippen LogP contribution in [-0.4, -0.2) is 62.3 Å². The number of nitrogens with zero attached hydrogens (tertiary/aromatic N) is 3. The molecule has 0 radical (unpaired) electrons. The molecule has 0 saturated carbocycles. The van der Waals surface area contributed by atoms with E-state index in [1.54, 1.807) is 17.7 Å². The molecule has 8 heteroatoms. The maximum absolute atomic E-state index is 13.2. The number of halogens is 1. The standard InChI is InChI=1S/C29H30AsClN4O2/c1-34-12-10-23(11-13-34)32-29(37)27-16-25(30-17-19-4-3-5-22(31)14-19)24-15-20(6-8-26(24)33-27)21-7-9-28(36)35(2)18-21/h3-9,14-16,18,23,30H,10-13,17H2,1-2H3,(H,32,37). The van der Waals surface area contributed by atoms with Gasteiger partial charge in [0.1, 0.15) is 0 Å². The monoisotopic (exact) mass is 576 g/mol. The Morgan fingerprint density at radius 1 is 1.05 bits per heavy atom. The SMILES string of the molecule is CN1CCC(NC(=O)c2cc([AsH]Cc3cccc(Cl)c3)c3cc(-c4ccc(=O)n(C)c4)ccc3n2)CC1. The second-order valence-electron chi connectivity index (χ2n) is 9.69. The van der Waals surface area contributed by atoms with Crippen LogP contribution in [0.5, 0.6) is 0 Å². The fourth-order valence-electron chi connectivity index (χ4n) is 4.69. The Labute approximate surface area is 228 Å². The van der Waals surface area contributed by atoms with Crippen LogP contribution in [0.25, 0.3) is 22.0 Å². The van der Waals surface area contributed by atoms with Crippen molar-refractivity contribution in [2.45, 2.75) is 24.1 Å². The van der Waals surface area contributed by atoms with Gasteiger partial charge in [0.15, 0.2) is 0 Å². The average molecular weight is 577 g/mol. The molecule has 1 amide bonds. The number of amides is 1. The van der Waals surface area contributed by atoms with Gasteiger partial charge < -0.3 is 0 Å². The summed E-state index contributed by atoms with van der Waals surface area (Å²) in [7, 11) is 3.87. The molecule has 5 rings (SSSR count). The molecule has 2 aromatic carbocycles. The molecule has 37 heavy (non-hydrogen) atoms. The molecule has 1 N–H and O–H groups in total. The molecular formula is C29H30AsClN4O2. The van der Waals surface area contributed by atoms with Crippen molar-refractivity contribution < 1.29 is 4.79 Å². The molecule has 0 bridgehead atoms. The third kappa shape index (κ3) is 6.15. The Kier molecular flexibility index (Phi) is 7.80. The van der Waals surface area contributed by atoms with Crippen molar-refractivity contribution in [1.29, 1.82) is 0 Å². The molecule has 1 aliphatic rings. The predicted molar refractivity (Wildman–Crippen MR) is 152 cm³/mol. The minimum atomic E-state index is -0.636. The van der Waals surface area contributed by atoms with E-state index < -0.39 is 15.8 Å². The van der Waals surface area contributed by atoms with Crippen LogP contribution in [0.2, 0.25) is 5.02 Å². The van der Waals surface area contributed by atoms with Crippen LogP contribution in [0.3, 0.4) is 0 Å². The normalized spacial score (nSPS) is 15.0. The van der Waals surface area contributed by atoms with Crippen molar-refractivity contribution in [3.05, 3.63) is 93.5 Å². The fourth-order valence-corrected chi connectivity index (χ4v) is 7.51. The molecule has 0 aliphatic carbocycles. The van der Waals surface area contributed by atoms with Crippen LogP contribution >= 0.6 is 11.6 Å². The van der Waals surface area contributed by atoms with Gasteiger partial charge in [-0.05, 0) is 0 Å². The molecule has 2 aromatic heterocycles. The van der Waals surface area contributed by atoms with Crippen LogP contribution in [0.15, 0.2) is 71.7 Å². The molecule has 1 aliphatic heterocycles. The first-order valence-corrected chi connectivity index (χ1v) is 15.4. The van der Waals surface area contributed by atoms with Crippen molar-refractivity contribution in [3.63, 3.8) is 0 Å². The Bertz CT molecular complexity index is 1510. The van der Waals surface area contributed by atoms with Gasteiger partial charge in [0, 0.05) is 0 Å². The van der Waals surface area contributed by atoms with Crippen LogP contribution < -0.4 is 15.2 Å². The van der Waals surface area contributed by atoms with Crippen molar-refractivity contribution in [2.24, 2.45) is 7.05 Å². The van der Waals surface area contributed by atoms with Gasteiger partial charge in [0.05, 0.1) is 0 Å². The van der Waals surface area contributed by atoms with E-state index in [2.05, 4.69) is 29.4 Å². The number of carbonyl (C=O) groups is 1. The molecule has 1 unspecified atom stereocenters. The van der Waals surface area contributed by atoms with E-state index in [0.717, 1.165) is 58.2 Å². The van der Waals surface area contributed by atoms with Gasteiger partial charge in [-0.15, -0.1) is 0 Å². The zero-order valence-electron chi connectivity index (χ0n) is 21.0.